The van der Waals surface area contributed by atoms with Gasteiger partial charge in [-0.15, -0.1) is 0 Å². The van der Waals surface area contributed by atoms with Gasteiger partial charge in [-0.3, -0.25) is 10.1 Å². The lowest BCUT2D eigenvalue weighted by Crippen LogP contribution is -2.01. The smallest absolute Gasteiger partial charge is 0.258 e. The molecule has 0 saturated carbocycles. The Morgan fingerprint density at radius 1 is 1.50 bits per heavy atom. The van der Waals surface area contributed by atoms with E-state index >= 15 is 0 Å². The summed E-state index contributed by atoms with van der Waals surface area (Å²) >= 11 is 9.37. The van der Waals surface area contributed by atoms with E-state index in [9.17, 15) is 10.1 Å². The number of halogens is 2. The van der Waals surface area contributed by atoms with Crippen molar-refractivity contribution < 1.29 is 4.92 Å². The molecule has 0 fully saturated rings. The molecule has 2 rings (SSSR count). The molecule has 0 aliphatic carbocycles. The molecule has 0 saturated heterocycles. The lowest BCUT2D eigenvalue weighted by atomic mass is 10.1. The van der Waals surface area contributed by atoms with Gasteiger partial charge in [-0.05, 0) is 34.0 Å². The van der Waals surface area contributed by atoms with Gasteiger partial charge >= 0.3 is 5.69 Å². The Morgan fingerprint density at radius 3 is 2.70 bits per heavy atom. The topological polar surface area (TPSA) is 73.8 Å². The van der Waals surface area contributed by atoms with Crippen molar-refractivity contribution in [2.75, 3.05) is 0 Å². The van der Waals surface area contributed by atoms with Gasteiger partial charge in [-0.25, -0.2) is 4.98 Å². The normalized spacial score (nSPS) is 11.1. The lowest BCUT2D eigenvalue weighted by molar-refractivity contribution is -0.385. The molecular weight excluding hydrogens is 348 g/mol. The highest BCUT2D eigenvalue weighted by Gasteiger charge is 2.27. The number of hydrogen-bond donors (Lipinski definition) is 0. The fourth-order valence-electron chi connectivity index (χ4n) is 1.78. The van der Waals surface area contributed by atoms with Crippen LogP contribution in [0, 0.1) is 16.0 Å². The van der Waals surface area contributed by atoms with E-state index in [1.54, 1.807) is 18.3 Å². The van der Waals surface area contributed by atoms with Gasteiger partial charge in [0.15, 0.2) is 5.82 Å². The predicted octanol–water partition coefficient (Wildman–Crippen LogP) is 3.79. The molecule has 0 spiro atoms. The molecule has 0 unspecified atom stereocenters. The monoisotopic (exact) mass is 358 g/mol. The van der Waals surface area contributed by atoms with Crippen LogP contribution in [0.15, 0.2) is 22.8 Å². The third-order valence-electron chi connectivity index (χ3n) is 2.59. The zero-order chi connectivity index (χ0) is 14.9. The highest BCUT2D eigenvalue weighted by Crippen LogP contribution is 2.31. The maximum Gasteiger partial charge on any atom is 0.329 e. The van der Waals surface area contributed by atoms with Crippen molar-refractivity contribution in [1.82, 2.24) is 14.8 Å². The summed E-state index contributed by atoms with van der Waals surface area (Å²) in [5.41, 5.74) is 0.227. The van der Waals surface area contributed by atoms with Crippen molar-refractivity contribution in [2.45, 2.75) is 20.3 Å². The van der Waals surface area contributed by atoms with Gasteiger partial charge < -0.3 is 0 Å². The van der Waals surface area contributed by atoms with E-state index in [-0.39, 0.29) is 16.8 Å². The van der Waals surface area contributed by atoms with Gasteiger partial charge in [-0.1, -0.05) is 25.4 Å². The third kappa shape index (κ3) is 2.99. The summed E-state index contributed by atoms with van der Waals surface area (Å²) in [5.74, 6) is 0.683. The van der Waals surface area contributed by atoms with Crippen LogP contribution in [-0.2, 0) is 6.42 Å². The Morgan fingerprint density at radius 2 is 2.20 bits per heavy atom. The summed E-state index contributed by atoms with van der Waals surface area (Å²) in [7, 11) is 0. The van der Waals surface area contributed by atoms with Crippen molar-refractivity contribution in [1.29, 1.82) is 0 Å². The van der Waals surface area contributed by atoms with E-state index in [1.807, 2.05) is 13.8 Å². The van der Waals surface area contributed by atoms with E-state index in [1.165, 1.54) is 4.68 Å². The highest BCUT2D eigenvalue weighted by molar-refractivity contribution is 9.10. The minimum atomic E-state index is -0.498. The maximum atomic E-state index is 11.2. The molecule has 8 heteroatoms. The summed E-state index contributed by atoms with van der Waals surface area (Å²) in [6.07, 6.45) is 2.07. The molecule has 0 aliphatic heterocycles. The fraction of sp³-hybridized carbons (Fsp3) is 0.333. The van der Waals surface area contributed by atoms with Crippen molar-refractivity contribution >= 4 is 33.2 Å². The van der Waals surface area contributed by atoms with Crippen LogP contribution in [0.3, 0.4) is 0 Å². The van der Waals surface area contributed by atoms with Crippen LogP contribution in [0.5, 0.6) is 0 Å². The number of pyridine rings is 1. The van der Waals surface area contributed by atoms with Crippen LogP contribution >= 0.6 is 27.5 Å². The summed E-state index contributed by atoms with van der Waals surface area (Å²) in [6.45, 7) is 3.93. The first-order valence-electron chi connectivity index (χ1n) is 5.94. The first-order chi connectivity index (χ1) is 9.40. The van der Waals surface area contributed by atoms with Crippen LogP contribution in [0.1, 0.15) is 19.5 Å². The zero-order valence-electron chi connectivity index (χ0n) is 10.9. The lowest BCUT2D eigenvalue weighted by Gasteiger charge is -2.01. The second-order valence-corrected chi connectivity index (χ2v) is 5.96. The van der Waals surface area contributed by atoms with Crippen LogP contribution in [0.25, 0.3) is 5.82 Å². The van der Waals surface area contributed by atoms with E-state index in [0.29, 0.717) is 17.9 Å². The Balaban J connectivity index is 2.54. The van der Waals surface area contributed by atoms with E-state index in [2.05, 4.69) is 26.0 Å². The van der Waals surface area contributed by atoms with Crippen LogP contribution in [0.4, 0.5) is 5.69 Å². The number of nitrogens with zero attached hydrogens (tertiary/aromatic N) is 4. The first-order valence-corrected chi connectivity index (χ1v) is 7.11. The minimum absolute atomic E-state index is 0.0273. The van der Waals surface area contributed by atoms with Gasteiger partial charge in [0.1, 0.15) is 5.69 Å². The summed E-state index contributed by atoms with van der Waals surface area (Å²) < 4.78 is 2.10. The SMILES string of the molecule is CC(C)Cc1nn(-c2ccc(Br)cn2)c(Cl)c1[N+](=O)[O-]. The van der Waals surface area contributed by atoms with Crippen LogP contribution < -0.4 is 0 Å². The average Bonchev–Trinajstić information content (AvgIpc) is 2.66. The minimum Gasteiger partial charge on any atom is -0.258 e. The number of rotatable bonds is 4. The molecule has 0 bridgehead atoms. The van der Waals surface area contributed by atoms with Gasteiger partial charge in [-0.2, -0.15) is 9.78 Å². The molecule has 0 N–H and O–H groups in total. The largest absolute Gasteiger partial charge is 0.329 e. The molecule has 2 heterocycles. The van der Waals surface area contributed by atoms with Gasteiger partial charge in [0.05, 0.1) is 4.92 Å². The molecule has 0 aliphatic rings. The first kappa shape index (κ1) is 14.9. The standard InChI is InChI=1S/C12H12BrClN4O2/c1-7(2)5-9-11(18(19)20)12(14)17(16-9)10-4-3-8(13)6-15-10/h3-4,6-7H,5H2,1-2H3. The fourth-order valence-corrected chi connectivity index (χ4v) is 2.32. The van der Waals surface area contributed by atoms with Gasteiger partial charge in [0.2, 0.25) is 5.15 Å². The van der Waals surface area contributed by atoms with Crippen LogP contribution in [0.2, 0.25) is 5.15 Å². The zero-order valence-corrected chi connectivity index (χ0v) is 13.2. The number of aromatic nitrogens is 3. The summed E-state index contributed by atoms with van der Waals surface area (Å²) in [6, 6.07) is 3.46. The molecule has 0 amide bonds. The molecule has 2 aromatic heterocycles. The highest BCUT2D eigenvalue weighted by atomic mass is 79.9. The second-order valence-electron chi connectivity index (χ2n) is 4.69. The molecule has 6 nitrogen and oxygen atoms in total. The molecule has 2 aromatic rings. The average molecular weight is 360 g/mol. The predicted molar refractivity (Wildman–Crippen MR) is 79.3 cm³/mol. The Hall–Kier alpha value is -1.47. The van der Waals surface area contributed by atoms with Gasteiger partial charge in [0, 0.05) is 17.1 Å². The molecule has 0 radical (unpaired) electrons. The number of hydrogen-bond acceptors (Lipinski definition) is 4. The van der Waals surface area contributed by atoms with Crippen molar-refractivity contribution in [2.24, 2.45) is 5.92 Å². The van der Waals surface area contributed by atoms with Crippen LogP contribution in [-0.4, -0.2) is 19.7 Å². The molecule has 20 heavy (non-hydrogen) atoms. The Kier molecular flexibility index (Phi) is 4.39. The molecule has 106 valence electrons. The van der Waals surface area contributed by atoms with E-state index in [0.717, 1.165) is 4.47 Å². The number of nitro groups is 1. The summed E-state index contributed by atoms with van der Waals surface area (Å²) in [5, 5.41) is 15.4. The maximum absolute atomic E-state index is 11.2. The second kappa shape index (κ2) is 5.88. The van der Waals surface area contributed by atoms with Crippen molar-refractivity contribution in [3.63, 3.8) is 0 Å². The van der Waals surface area contributed by atoms with Crippen molar-refractivity contribution in [3.05, 3.63) is 43.8 Å². The quantitative estimate of drug-likeness (QED) is 0.615. The van der Waals surface area contributed by atoms with Gasteiger partial charge in [0.25, 0.3) is 0 Å². The third-order valence-corrected chi connectivity index (χ3v) is 3.40. The summed E-state index contributed by atoms with van der Waals surface area (Å²) in [4.78, 5) is 14.8. The Labute approximate surface area is 129 Å². The molecular formula is C12H12BrClN4O2. The molecule has 0 atom stereocenters. The molecule has 0 aromatic carbocycles. The van der Waals surface area contributed by atoms with Crippen molar-refractivity contribution in [3.8, 4) is 5.82 Å². The van der Waals surface area contributed by atoms with E-state index < -0.39 is 4.92 Å². The Bertz CT molecular complexity index is 640. The van der Waals surface area contributed by atoms with E-state index in [4.69, 9.17) is 11.6 Å².